The standard InChI is InChI=1S/C44H29N/c1-2-8-30(9-3-1)31-20-24-38(25-21-31)45-43-13-7-6-12-41(43)42-29-36(23-27-44(42)45)33-16-14-32(15-17-33)35-22-26-40-37(28-35)19-18-34-10-4-5-11-39(34)40/h1-29H. The third-order valence-corrected chi connectivity index (χ3v) is 9.20. The molecule has 0 aliphatic heterocycles. The number of hydrogen-bond acceptors (Lipinski definition) is 0. The summed E-state index contributed by atoms with van der Waals surface area (Å²) in [7, 11) is 0. The zero-order valence-corrected chi connectivity index (χ0v) is 24.7. The van der Waals surface area contributed by atoms with Crippen molar-refractivity contribution in [2.45, 2.75) is 0 Å². The van der Waals surface area contributed by atoms with Crippen molar-refractivity contribution in [3.05, 3.63) is 176 Å². The minimum Gasteiger partial charge on any atom is -0.309 e. The van der Waals surface area contributed by atoms with Gasteiger partial charge in [0.1, 0.15) is 0 Å². The first-order valence-electron chi connectivity index (χ1n) is 15.5. The zero-order chi connectivity index (χ0) is 29.7. The minimum atomic E-state index is 1.17. The highest BCUT2D eigenvalue weighted by Crippen LogP contribution is 2.36. The summed E-state index contributed by atoms with van der Waals surface area (Å²) in [6, 6.07) is 64.0. The molecule has 0 atom stereocenters. The van der Waals surface area contributed by atoms with Crippen molar-refractivity contribution in [1.29, 1.82) is 0 Å². The number of hydrogen-bond donors (Lipinski definition) is 0. The van der Waals surface area contributed by atoms with E-state index in [1.54, 1.807) is 0 Å². The van der Waals surface area contributed by atoms with E-state index in [2.05, 4.69) is 180 Å². The van der Waals surface area contributed by atoms with Crippen LogP contribution in [0, 0.1) is 0 Å². The lowest BCUT2D eigenvalue weighted by atomic mass is 9.96. The number of rotatable bonds is 4. The summed E-state index contributed by atoms with van der Waals surface area (Å²) in [5, 5.41) is 7.68. The van der Waals surface area contributed by atoms with Gasteiger partial charge in [0.2, 0.25) is 0 Å². The SMILES string of the molecule is c1ccc(-c2ccc(-n3c4ccccc4c4cc(-c5ccc(-c6ccc7c(ccc8ccccc87)c6)cc5)ccc43)cc2)cc1. The molecule has 0 bridgehead atoms. The molecule has 0 saturated carbocycles. The molecule has 1 aromatic heterocycles. The van der Waals surface area contributed by atoms with Crippen molar-refractivity contribution in [2.75, 3.05) is 0 Å². The highest BCUT2D eigenvalue weighted by molar-refractivity contribution is 6.11. The van der Waals surface area contributed by atoms with Gasteiger partial charge in [-0.15, -0.1) is 0 Å². The fraction of sp³-hybridized carbons (Fsp3) is 0. The van der Waals surface area contributed by atoms with E-state index in [0.717, 1.165) is 0 Å². The summed E-state index contributed by atoms with van der Waals surface area (Å²) in [5.41, 5.74) is 11.0. The third kappa shape index (κ3) is 4.32. The van der Waals surface area contributed by atoms with E-state index in [1.165, 1.54) is 82.4 Å². The lowest BCUT2D eigenvalue weighted by Crippen LogP contribution is -1.93. The van der Waals surface area contributed by atoms with Gasteiger partial charge in [-0.25, -0.2) is 0 Å². The Morgan fingerprint density at radius 3 is 1.58 bits per heavy atom. The fourth-order valence-corrected chi connectivity index (χ4v) is 6.91. The molecular weight excluding hydrogens is 542 g/mol. The Morgan fingerprint density at radius 2 is 0.778 bits per heavy atom. The highest BCUT2D eigenvalue weighted by atomic mass is 15.0. The van der Waals surface area contributed by atoms with Crippen LogP contribution in [0.25, 0.3) is 82.4 Å². The average molecular weight is 572 g/mol. The molecule has 1 heteroatoms. The maximum Gasteiger partial charge on any atom is 0.0541 e. The first-order valence-corrected chi connectivity index (χ1v) is 15.5. The number of nitrogens with zero attached hydrogens (tertiary/aromatic N) is 1. The second-order valence-corrected chi connectivity index (χ2v) is 11.8. The van der Waals surface area contributed by atoms with E-state index in [1.807, 2.05) is 0 Å². The molecule has 1 nitrogen and oxygen atoms in total. The summed E-state index contributed by atoms with van der Waals surface area (Å²) < 4.78 is 2.38. The topological polar surface area (TPSA) is 4.93 Å². The quantitative estimate of drug-likeness (QED) is 0.185. The molecule has 0 N–H and O–H groups in total. The summed E-state index contributed by atoms with van der Waals surface area (Å²) in [6.07, 6.45) is 0. The van der Waals surface area contributed by atoms with E-state index in [4.69, 9.17) is 0 Å². The van der Waals surface area contributed by atoms with Crippen LogP contribution in [0.2, 0.25) is 0 Å². The van der Waals surface area contributed by atoms with Crippen LogP contribution < -0.4 is 0 Å². The largest absolute Gasteiger partial charge is 0.309 e. The molecule has 8 aromatic carbocycles. The van der Waals surface area contributed by atoms with Gasteiger partial charge >= 0.3 is 0 Å². The van der Waals surface area contributed by atoms with Crippen LogP contribution in [0.5, 0.6) is 0 Å². The van der Waals surface area contributed by atoms with Crippen molar-refractivity contribution in [2.24, 2.45) is 0 Å². The molecule has 0 saturated heterocycles. The predicted molar refractivity (Wildman–Crippen MR) is 192 cm³/mol. The van der Waals surface area contributed by atoms with Gasteiger partial charge in [-0.1, -0.05) is 140 Å². The van der Waals surface area contributed by atoms with Gasteiger partial charge in [0, 0.05) is 16.5 Å². The van der Waals surface area contributed by atoms with Gasteiger partial charge in [-0.2, -0.15) is 0 Å². The molecule has 0 aliphatic carbocycles. The Bertz CT molecular complexity index is 2500. The van der Waals surface area contributed by atoms with Crippen LogP contribution in [-0.4, -0.2) is 4.57 Å². The van der Waals surface area contributed by atoms with Crippen LogP contribution in [0.1, 0.15) is 0 Å². The Morgan fingerprint density at radius 1 is 0.267 bits per heavy atom. The summed E-state index contributed by atoms with van der Waals surface area (Å²) in [4.78, 5) is 0. The van der Waals surface area contributed by atoms with Crippen molar-refractivity contribution in [1.82, 2.24) is 4.57 Å². The van der Waals surface area contributed by atoms with Crippen LogP contribution in [0.15, 0.2) is 176 Å². The number of fused-ring (bicyclic) bond motifs is 6. The van der Waals surface area contributed by atoms with E-state index in [-0.39, 0.29) is 0 Å². The van der Waals surface area contributed by atoms with Gasteiger partial charge < -0.3 is 4.57 Å². The van der Waals surface area contributed by atoms with Gasteiger partial charge in [0.25, 0.3) is 0 Å². The van der Waals surface area contributed by atoms with Crippen LogP contribution >= 0.6 is 0 Å². The molecule has 0 radical (unpaired) electrons. The monoisotopic (exact) mass is 571 g/mol. The molecule has 0 fully saturated rings. The maximum atomic E-state index is 2.38. The fourth-order valence-electron chi connectivity index (χ4n) is 6.91. The summed E-state index contributed by atoms with van der Waals surface area (Å²) in [6.45, 7) is 0. The van der Waals surface area contributed by atoms with E-state index >= 15 is 0 Å². The van der Waals surface area contributed by atoms with Crippen LogP contribution in [0.4, 0.5) is 0 Å². The molecule has 9 aromatic rings. The van der Waals surface area contributed by atoms with Crippen molar-refractivity contribution >= 4 is 43.4 Å². The normalized spacial score (nSPS) is 11.6. The van der Waals surface area contributed by atoms with Crippen molar-refractivity contribution < 1.29 is 0 Å². The molecule has 45 heavy (non-hydrogen) atoms. The molecule has 0 amide bonds. The minimum absolute atomic E-state index is 1.17. The van der Waals surface area contributed by atoms with Gasteiger partial charge in [0.05, 0.1) is 11.0 Å². The second-order valence-electron chi connectivity index (χ2n) is 11.8. The molecule has 0 unspecified atom stereocenters. The highest BCUT2D eigenvalue weighted by Gasteiger charge is 2.13. The van der Waals surface area contributed by atoms with Crippen LogP contribution in [-0.2, 0) is 0 Å². The van der Waals surface area contributed by atoms with Gasteiger partial charge in [-0.3, -0.25) is 0 Å². The molecule has 210 valence electrons. The number of para-hydroxylation sites is 1. The lowest BCUT2D eigenvalue weighted by Gasteiger charge is -2.10. The average Bonchev–Trinajstić information content (AvgIpc) is 3.45. The Labute approximate surface area is 262 Å². The maximum absolute atomic E-state index is 2.38. The molecular formula is C44H29N. The smallest absolute Gasteiger partial charge is 0.0541 e. The van der Waals surface area contributed by atoms with E-state index in [0.29, 0.717) is 0 Å². The summed E-state index contributed by atoms with van der Waals surface area (Å²) in [5.74, 6) is 0. The Hall–Kier alpha value is -5.92. The molecule has 0 aliphatic rings. The predicted octanol–water partition coefficient (Wildman–Crippen LogP) is 12.1. The lowest BCUT2D eigenvalue weighted by molar-refractivity contribution is 1.18. The van der Waals surface area contributed by atoms with Crippen LogP contribution in [0.3, 0.4) is 0 Å². The first kappa shape index (κ1) is 25.6. The molecule has 1 heterocycles. The Balaban J connectivity index is 1.08. The van der Waals surface area contributed by atoms with E-state index < -0.39 is 0 Å². The van der Waals surface area contributed by atoms with Crippen molar-refractivity contribution in [3.63, 3.8) is 0 Å². The molecule has 9 rings (SSSR count). The first-order chi connectivity index (χ1) is 22.3. The van der Waals surface area contributed by atoms with Crippen molar-refractivity contribution in [3.8, 4) is 39.1 Å². The number of benzene rings is 8. The van der Waals surface area contributed by atoms with Gasteiger partial charge in [-0.05, 0) is 91.3 Å². The second kappa shape index (κ2) is 10.4. The molecule has 0 spiro atoms. The Kier molecular flexibility index (Phi) is 5.89. The third-order valence-electron chi connectivity index (χ3n) is 9.20. The van der Waals surface area contributed by atoms with Gasteiger partial charge in [0.15, 0.2) is 0 Å². The summed E-state index contributed by atoms with van der Waals surface area (Å²) >= 11 is 0. The number of aromatic nitrogens is 1. The van der Waals surface area contributed by atoms with E-state index in [9.17, 15) is 0 Å². The zero-order valence-electron chi connectivity index (χ0n) is 24.7.